The summed E-state index contributed by atoms with van der Waals surface area (Å²) in [4.78, 5) is 37.7. The molecule has 284 valence electrons. The lowest BCUT2D eigenvalue weighted by Crippen LogP contribution is -2.55. The molecular weight excluding hydrogens is 696 g/mol. The highest BCUT2D eigenvalue weighted by atomic mass is 16.7. The summed E-state index contributed by atoms with van der Waals surface area (Å²) in [6.45, 7) is 0.991. The Hall–Kier alpha value is -4.37. The molecule has 9 N–H and O–H groups in total. The number of aliphatic hydroxyl groups excluding tert-OH is 5. The van der Waals surface area contributed by atoms with E-state index in [1.165, 1.54) is 38.1 Å². The van der Waals surface area contributed by atoms with E-state index >= 15 is 0 Å². The van der Waals surface area contributed by atoms with Crippen LogP contribution in [0.15, 0.2) is 45.6 Å². The van der Waals surface area contributed by atoms with Crippen molar-refractivity contribution in [2.75, 3.05) is 26.9 Å². The standard InChI is InChI=1S/C34H40O18/c1-14(2)34(46,32(44)47-3)10-22(38)48-12-33(45)13-49-31(30(33)43)50-16-6-4-15(5-7-16)19-8-17(36)23-20(51-19)9-18(37)24(26(23)40)29-28(42)27(41)25(39)21(11-35)52-29/h4-9,14,21,25,27-31,35,37,39-43,45-46H,10-13H2,1-3H3/t21-,25-,27+,28-,29+,30+,31+,33-,34?/m1/s1. The van der Waals surface area contributed by atoms with Crippen molar-refractivity contribution in [2.24, 2.45) is 5.92 Å². The highest BCUT2D eigenvalue weighted by Crippen LogP contribution is 2.44. The number of phenolic OH excluding ortho intramolecular Hbond substituents is 2. The third kappa shape index (κ3) is 7.16. The number of ether oxygens (including phenoxy) is 5. The maximum atomic E-state index is 13.2. The Kier molecular flexibility index (Phi) is 11.2. The predicted molar refractivity (Wildman–Crippen MR) is 173 cm³/mol. The molecule has 2 aliphatic heterocycles. The Bertz CT molecular complexity index is 1840. The maximum Gasteiger partial charge on any atom is 0.338 e. The lowest BCUT2D eigenvalue weighted by molar-refractivity contribution is -0.232. The normalized spacial score (nSPS) is 28.8. The first kappa shape index (κ1) is 38.9. The Morgan fingerprint density at radius 2 is 1.71 bits per heavy atom. The number of benzene rings is 2. The first-order valence-corrected chi connectivity index (χ1v) is 16.0. The number of aromatic hydroxyl groups is 2. The van der Waals surface area contributed by atoms with E-state index in [0.717, 1.165) is 19.2 Å². The number of carbonyl (C=O) groups is 2. The molecule has 1 aromatic heterocycles. The second-order valence-electron chi connectivity index (χ2n) is 13.0. The SMILES string of the molecule is COC(=O)C(O)(CC(=O)OC[C@@]1(O)CO[C@@H](Oc2ccc(-c3cc(=O)c4c(O)c([C@@H]5O[C@H](CO)[C@@H](O)[C@H](O)[C@H]5O)c(O)cc4o3)cc2)[C@@H]1O)C(C)C. The van der Waals surface area contributed by atoms with Crippen molar-refractivity contribution in [3.8, 4) is 28.6 Å². The lowest BCUT2D eigenvalue weighted by atomic mass is 9.87. The summed E-state index contributed by atoms with van der Waals surface area (Å²) in [5, 5.41) is 93.9. The molecule has 1 unspecified atom stereocenters. The zero-order valence-electron chi connectivity index (χ0n) is 28.1. The van der Waals surface area contributed by atoms with Crippen LogP contribution >= 0.6 is 0 Å². The van der Waals surface area contributed by atoms with Crippen LogP contribution in [0.5, 0.6) is 17.2 Å². The van der Waals surface area contributed by atoms with E-state index < -0.39 is 126 Å². The molecule has 0 bridgehead atoms. The largest absolute Gasteiger partial charge is 0.507 e. The number of methoxy groups -OCH3 is 1. The van der Waals surface area contributed by atoms with Crippen molar-refractivity contribution in [1.29, 1.82) is 0 Å². The number of aliphatic hydroxyl groups is 7. The molecule has 0 saturated carbocycles. The van der Waals surface area contributed by atoms with Gasteiger partial charge in [0.05, 0.1) is 32.3 Å². The van der Waals surface area contributed by atoms with Crippen molar-refractivity contribution >= 4 is 22.9 Å². The van der Waals surface area contributed by atoms with Gasteiger partial charge in [0.1, 0.15) is 71.1 Å². The van der Waals surface area contributed by atoms with Gasteiger partial charge in [0.25, 0.3) is 0 Å². The van der Waals surface area contributed by atoms with Crippen LogP contribution in [0.2, 0.25) is 0 Å². The Balaban J connectivity index is 1.28. The van der Waals surface area contributed by atoms with Gasteiger partial charge in [-0.05, 0) is 30.2 Å². The number of fused-ring (bicyclic) bond motifs is 1. The molecule has 2 fully saturated rings. The minimum absolute atomic E-state index is 0.00616. The molecule has 3 heterocycles. The molecule has 18 nitrogen and oxygen atoms in total. The van der Waals surface area contributed by atoms with Crippen LogP contribution in [-0.2, 0) is 28.5 Å². The van der Waals surface area contributed by atoms with Gasteiger partial charge in [0.2, 0.25) is 6.29 Å². The van der Waals surface area contributed by atoms with Gasteiger partial charge in [-0.25, -0.2) is 4.79 Å². The molecule has 52 heavy (non-hydrogen) atoms. The predicted octanol–water partition coefficient (Wildman–Crippen LogP) is -1.29. The molecule has 2 saturated heterocycles. The smallest absolute Gasteiger partial charge is 0.338 e. The van der Waals surface area contributed by atoms with Crippen LogP contribution in [0.1, 0.15) is 31.9 Å². The van der Waals surface area contributed by atoms with E-state index in [1.807, 2.05) is 0 Å². The van der Waals surface area contributed by atoms with Crippen molar-refractivity contribution in [1.82, 2.24) is 0 Å². The van der Waals surface area contributed by atoms with Gasteiger partial charge in [-0.2, -0.15) is 0 Å². The fraction of sp³-hybridized carbons (Fsp3) is 0.500. The van der Waals surface area contributed by atoms with Gasteiger partial charge < -0.3 is 74.1 Å². The van der Waals surface area contributed by atoms with E-state index in [9.17, 15) is 60.3 Å². The van der Waals surface area contributed by atoms with Crippen LogP contribution in [0.3, 0.4) is 0 Å². The number of carbonyl (C=O) groups excluding carboxylic acids is 2. The summed E-state index contributed by atoms with van der Waals surface area (Å²) in [6.07, 6.45) is -12.2. The molecule has 3 aromatic rings. The summed E-state index contributed by atoms with van der Waals surface area (Å²) in [7, 11) is 1.05. The van der Waals surface area contributed by atoms with Crippen LogP contribution in [0, 0.1) is 5.92 Å². The molecule has 0 aliphatic carbocycles. The summed E-state index contributed by atoms with van der Waals surface area (Å²) < 4.78 is 31.9. The quantitative estimate of drug-likeness (QED) is 0.103. The first-order valence-electron chi connectivity index (χ1n) is 16.0. The number of phenols is 2. The van der Waals surface area contributed by atoms with Gasteiger partial charge in [0.15, 0.2) is 22.7 Å². The molecule has 5 rings (SSSR count). The highest BCUT2D eigenvalue weighted by Gasteiger charge is 2.51. The van der Waals surface area contributed by atoms with Crippen LogP contribution in [-0.4, -0.2) is 133 Å². The van der Waals surface area contributed by atoms with Crippen molar-refractivity contribution < 1.29 is 83.6 Å². The summed E-state index contributed by atoms with van der Waals surface area (Å²) >= 11 is 0. The highest BCUT2D eigenvalue weighted by molar-refractivity contribution is 5.88. The summed E-state index contributed by atoms with van der Waals surface area (Å²) in [6, 6.07) is 7.81. The van der Waals surface area contributed by atoms with Crippen LogP contribution in [0.4, 0.5) is 0 Å². The van der Waals surface area contributed by atoms with Gasteiger partial charge in [-0.3, -0.25) is 9.59 Å². The van der Waals surface area contributed by atoms with E-state index in [-0.39, 0.29) is 17.1 Å². The fourth-order valence-electron chi connectivity index (χ4n) is 5.95. The third-order valence-electron chi connectivity index (χ3n) is 9.28. The molecular formula is C34H40O18. The summed E-state index contributed by atoms with van der Waals surface area (Å²) in [5.74, 6) is -4.15. The van der Waals surface area contributed by atoms with E-state index in [1.54, 1.807) is 0 Å². The topological polar surface area (TPSA) is 293 Å². The zero-order chi connectivity index (χ0) is 38.3. The Labute approximate surface area is 294 Å². The second kappa shape index (κ2) is 14.9. The van der Waals surface area contributed by atoms with E-state index in [2.05, 4.69) is 4.74 Å². The van der Waals surface area contributed by atoms with Gasteiger partial charge >= 0.3 is 11.9 Å². The molecule has 0 spiro atoms. The number of rotatable bonds is 11. The molecule has 9 atom stereocenters. The van der Waals surface area contributed by atoms with Crippen LogP contribution < -0.4 is 10.2 Å². The van der Waals surface area contributed by atoms with Gasteiger partial charge in [-0.15, -0.1) is 0 Å². The average Bonchev–Trinajstić information content (AvgIpc) is 3.38. The summed E-state index contributed by atoms with van der Waals surface area (Å²) in [5.41, 5.74) is -5.43. The van der Waals surface area contributed by atoms with E-state index in [4.69, 9.17) is 23.4 Å². The molecule has 0 amide bonds. The molecule has 0 radical (unpaired) electrons. The maximum absolute atomic E-state index is 13.2. The third-order valence-corrected chi connectivity index (χ3v) is 9.28. The first-order chi connectivity index (χ1) is 24.4. The second-order valence-corrected chi connectivity index (χ2v) is 13.0. The molecule has 18 heteroatoms. The minimum atomic E-state index is -2.17. The lowest BCUT2D eigenvalue weighted by Gasteiger charge is -2.40. The van der Waals surface area contributed by atoms with Gasteiger partial charge in [-0.1, -0.05) is 13.8 Å². The monoisotopic (exact) mass is 736 g/mol. The number of esters is 2. The minimum Gasteiger partial charge on any atom is -0.507 e. The Morgan fingerprint density at radius 3 is 2.33 bits per heavy atom. The van der Waals surface area contributed by atoms with Crippen molar-refractivity contribution in [2.45, 2.75) is 74.4 Å². The van der Waals surface area contributed by atoms with Crippen molar-refractivity contribution in [3.63, 3.8) is 0 Å². The van der Waals surface area contributed by atoms with E-state index in [0.29, 0.717) is 5.56 Å². The Morgan fingerprint density at radius 1 is 1.04 bits per heavy atom. The number of hydrogen-bond acceptors (Lipinski definition) is 18. The molecule has 2 aliphatic rings. The van der Waals surface area contributed by atoms with Gasteiger partial charge in [0, 0.05) is 17.7 Å². The molecule has 2 aromatic carbocycles. The fourth-order valence-corrected chi connectivity index (χ4v) is 5.95. The van der Waals surface area contributed by atoms with Crippen LogP contribution in [0.25, 0.3) is 22.3 Å². The van der Waals surface area contributed by atoms with Crippen molar-refractivity contribution in [3.05, 3.63) is 52.2 Å². The number of hydrogen-bond donors (Lipinski definition) is 9. The average molecular weight is 737 g/mol. The zero-order valence-corrected chi connectivity index (χ0v) is 28.1.